The molecule has 19 heavy (non-hydrogen) atoms. The molecular formula is C14H20N2O3. The fourth-order valence-corrected chi connectivity index (χ4v) is 2.39. The summed E-state index contributed by atoms with van der Waals surface area (Å²) in [6.45, 7) is 4.61. The van der Waals surface area contributed by atoms with Crippen molar-refractivity contribution in [1.82, 2.24) is 9.80 Å². The molecule has 0 spiro atoms. The Hall–Kier alpha value is -1.43. The van der Waals surface area contributed by atoms with E-state index in [4.69, 9.17) is 5.11 Å². The van der Waals surface area contributed by atoms with Gasteiger partial charge in [0.2, 0.25) is 0 Å². The molecule has 0 bridgehead atoms. The summed E-state index contributed by atoms with van der Waals surface area (Å²) in [6.07, 6.45) is -0.850. The maximum atomic E-state index is 12.2. The quantitative estimate of drug-likeness (QED) is 0.783. The van der Waals surface area contributed by atoms with Crippen molar-refractivity contribution in [2.24, 2.45) is 0 Å². The van der Waals surface area contributed by atoms with Crippen LogP contribution in [0.2, 0.25) is 0 Å². The Morgan fingerprint density at radius 2 is 2.05 bits per heavy atom. The second-order valence-corrected chi connectivity index (χ2v) is 4.62. The van der Waals surface area contributed by atoms with E-state index in [0.717, 1.165) is 6.54 Å². The second-order valence-electron chi connectivity index (χ2n) is 4.62. The van der Waals surface area contributed by atoms with E-state index in [0.29, 0.717) is 30.8 Å². The highest BCUT2D eigenvalue weighted by atomic mass is 16.3. The summed E-state index contributed by atoms with van der Waals surface area (Å²) in [5.41, 5.74) is 1.26. The third-order valence-corrected chi connectivity index (χ3v) is 3.55. The zero-order valence-electron chi connectivity index (χ0n) is 11.1. The number of hydrogen-bond acceptors (Lipinski definition) is 4. The molecule has 104 valence electrons. The van der Waals surface area contributed by atoms with Crippen molar-refractivity contribution in [3.8, 4) is 0 Å². The van der Waals surface area contributed by atoms with Gasteiger partial charge < -0.3 is 15.1 Å². The van der Waals surface area contributed by atoms with Crippen LogP contribution >= 0.6 is 0 Å². The lowest BCUT2D eigenvalue weighted by atomic mass is 10.1. The molecule has 2 rings (SSSR count). The zero-order valence-corrected chi connectivity index (χ0v) is 11.1. The van der Waals surface area contributed by atoms with Crippen LogP contribution in [0.25, 0.3) is 0 Å². The minimum absolute atomic E-state index is 0.102. The summed E-state index contributed by atoms with van der Waals surface area (Å²) >= 11 is 0. The van der Waals surface area contributed by atoms with Crippen LogP contribution in [0.3, 0.4) is 0 Å². The van der Waals surface area contributed by atoms with Gasteiger partial charge in [-0.3, -0.25) is 9.69 Å². The van der Waals surface area contributed by atoms with Crippen LogP contribution in [0.1, 0.15) is 29.1 Å². The molecule has 5 heteroatoms. The predicted octanol–water partition coefficient (Wildman–Crippen LogP) is 0.447. The van der Waals surface area contributed by atoms with Crippen molar-refractivity contribution in [2.75, 3.05) is 32.8 Å². The monoisotopic (exact) mass is 264 g/mol. The number of carbonyl (C=O) groups excluding carboxylic acids is 1. The van der Waals surface area contributed by atoms with Gasteiger partial charge in [0.05, 0.1) is 6.61 Å². The number of benzene rings is 1. The first kappa shape index (κ1) is 14.0. The van der Waals surface area contributed by atoms with Crippen molar-refractivity contribution in [3.05, 3.63) is 35.4 Å². The van der Waals surface area contributed by atoms with Gasteiger partial charge in [-0.25, -0.2) is 0 Å². The van der Waals surface area contributed by atoms with E-state index in [2.05, 4.69) is 0 Å². The van der Waals surface area contributed by atoms with E-state index in [9.17, 15) is 9.90 Å². The van der Waals surface area contributed by atoms with Crippen molar-refractivity contribution in [3.63, 3.8) is 0 Å². The van der Waals surface area contributed by atoms with E-state index < -0.39 is 6.23 Å². The van der Waals surface area contributed by atoms with Crippen LogP contribution in [-0.4, -0.2) is 58.7 Å². The van der Waals surface area contributed by atoms with Gasteiger partial charge in [-0.05, 0) is 12.6 Å². The molecule has 1 aliphatic heterocycles. The van der Waals surface area contributed by atoms with Crippen molar-refractivity contribution in [2.45, 2.75) is 13.2 Å². The Labute approximate surface area is 113 Å². The fourth-order valence-electron chi connectivity index (χ4n) is 2.39. The molecule has 1 aromatic rings. The first-order valence-corrected chi connectivity index (χ1v) is 6.60. The summed E-state index contributed by atoms with van der Waals surface area (Å²) in [4.78, 5) is 15.7. The van der Waals surface area contributed by atoms with E-state index in [1.165, 1.54) is 4.90 Å². The lowest BCUT2D eigenvalue weighted by Gasteiger charge is -2.25. The molecular weight excluding hydrogens is 244 g/mol. The number of aliphatic hydroxyl groups is 2. The van der Waals surface area contributed by atoms with Gasteiger partial charge in [0.15, 0.2) is 6.23 Å². The molecule has 2 N–H and O–H groups in total. The van der Waals surface area contributed by atoms with E-state index in [-0.39, 0.29) is 12.5 Å². The van der Waals surface area contributed by atoms with E-state index in [1.807, 2.05) is 17.9 Å². The first-order chi connectivity index (χ1) is 9.19. The fraction of sp³-hybridized carbons (Fsp3) is 0.500. The predicted molar refractivity (Wildman–Crippen MR) is 71.6 cm³/mol. The highest BCUT2D eigenvalue weighted by Crippen LogP contribution is 2.30. The Balaban J connectivity index is 2.02. The minimum atomic E-state index is -0.850. The van der Waals surface area contributed by atoms with E-state index in [1.54, 1.807) is 18.2 Å². The molecule has 1 atom stereocenters. The number of amides is 1. The third kappa shape index (κ3) is 2.78. The van der Waals surface area contributed by atoms with Crippen LogP contribution in [0.5, 0.6) is 0 Å². The van der Waals surface area contributed by atoms with Gasteiger partial charge in [0.1, 0.15) is 0 Å². The van der Waals surface area contributed by atoms with Crippen molar-refractivity contribution in [1.29, 1.82) is 0 Å². The standard InChI is InChI=1S/C14H20N2O3/c1-2-15(9-10-17)7-8-16-13(18)11-5-3-4-6-12(11)14(16)19/h3-6,13,17-18H,2,7-10H2,1H3. The topological polar surface area (TPSA) is 64.0 Å². The van der Waals surface area contributed by atoms with Crippen LogP contribution < -0.4 is 0 Å². The maximum Gasteiger partial charge on any atom is 0.256 e. The number of carbonyl (C=O) groups is 1. The highest BCUT2D eigenvalue weighted by molar-refractivity contribution is 5.98. The number of rotatable bonds is 6. The summed E-state index contributed by atoms with van der Waals surface area (Å²) in [7, 11) is 0. The van der Waals surface area contributed by atoms with Gasteiger partial charge in [0, 0.05) is 30.8 Å². The number of nitrogens with zero attached hydrogens (tertiary/aromatic N) is 2. The largest absolute Gasteiger partial charge is 0.395 e. The molecule has 0 aliphatic carbocycles. The van der Waals surface area contributed by atoms with Gasteiger partial charge in [-0.1, -0.05) is 25.1 Å². The van der Waals surface area contributed by atoms with Crippen molar-refractivity contribution >= 4 is 5.91 Å². The molecule has 1 amide bonds. The number of hydrogen-bond donors (Lipinski definition) is 2. The van der Waals surface area contributed by atoms with Gasteiger partial charge in [0.25, 0.3) is 5.91 Å². The van der Waals surface area contributed by atoms with Gasteiger partial charge in [-0.2, -0.15) is 0 Å². The molecule has 0 radical (unpaired) electrons. The molecule has 0 saturated carbocycles. The normalized spacial score (nSPS) is 18.2. The Kier molecular flexibility index (Phi) is 4.52. The zero-order chi connectivity index (χ0) is 13.8. The molecule has 1 heterocycles. The molecule has 1 aliphatic rings. The average molecular weight is 264 g/mol. The average Bonchev–Trinajstić information content (AvgIpc) is 2.68. The summed E-state index contributed by atoms with van der Waals surface area (Å²) < 4.78 is 0. The molecule has 0 saturated heterocycles. The Morgan fingerprint density at radius 3 is 2.68 bits per heavy atom. The molecule has 1 aromatic carbocycles. The lowest BCUT2D eigenvalue weighted by Crippen LogP contribution is -2.38. The summed E-state index contributed by atoms with van der Waals surface area (Å²) in [6, 6.07) is 7.15. The Bertz CT molecular complexity index is 450. The summed E-state index contributed by atoms with van der Waals surface area (Å²) in [5.74, 6) is -0.122. The van der Waals surface area contributed by atoms with E-state index >= 15 is 0 Å². The van der Waals surface area contributed by atoms with Crippen LogP contribution in [0.4, 0.5) is 0 Å². The lowest BCUT2D eigenvalue weighted by molar-refractivity contribution is 0.0133. The van der Waals surface area contributed by atoms with Gasteiger partial charge >= 0.3 is 0 Å². The van der Waals surface area contributed by atoms with Crippen LogP contribution in [-0.2, 0) is 0 Å². The number of aliphatic hydroxyl groups excluding tert-OH is 2. The van der Waals surface area contributed by atoms with Crippen molar-refractivity contribution < 1.29 is 15.0 Å². The van der Waals surface area contributed by atoms with Gasteiger partial charge in [-0.15, -0.1) is 0 Å². The molecule has 5 nitrogen and oxygen atoms in total. The van der Waals surface area contributed by atoms with Crippen LogP contribution in [0, 0.1) is 0 Å². The molecule has 0 aromatic heterocycles. The Morgan fingerprint density at radius 1 is 1.32 bits per heavy atom. The van der Waals surface area contributed by atoms with Crippen LogP contribution in [0.15, 0.2) is 24.3 Å². The minimum Gasteiger partial charge on any atom is -0.395 e. The highest BCUT2D eigenvalue weighted by Gasteiger charge is 2.34. The second kappa shape index (κ2) is 6.14. The first-order valence-electron chi connectivity index (χ1n) is 6.60. The third-order valence-electron chi connectivity index (χ3n) is 3.55. The molecule has 1 unspecified atom stereocenters. The summed E-state index contributed by atoms with van der Waals surface area (Å²) in [5, 5.41) is 19.1. The number of likely N-dealkylation sites (N-methyl/N-ethyl adjacent to an activating group) is 1. The molecule has 0 fully saturated rings. The number of fused-ring (bicyclic) bond motifs is 1. The SMILES string of the molecule is CCN(CCO)CCN1C(=O)c2ccccc2C1O. The smallest absolute Gasteiger partial charge is 0.256 e. The maximum absolute atomic E-state index is 12.2.